The molecule has 0 unspecified atom stereocenters. The Morgan fingerprint density at radius 2 is 1.95 bits per heavy atom. The van der Waals surface area contributed by atoms with Crippen molar-refractivity contribution in [3.05, 3.63) is 28.3 Å². The molecule has 20 heavy (non-hydrogen) atoms. The Labute approximate surface area is 127 Å². The zero-order valence-corrected chi connectivity index (χ0v) is 12.9. The quantitative estimate of drug-likeness (QED) is 0.596. The van der Waals surface area contributed by atoms with Crippen LogP contribution in [0, 0.1) is 31.1 Å². The van der Waals surface area contributed by atoms with E-state index >= 15 is 0 Å². The number of rotatable bonds is 7. The minimum atomic E-state index is 0.529. The van der Waals surface area contributed by atoms with Crippen LogP contribution >= 0.6 is 11.6 Å². The van der Waals surface area contributed by atoms with E-state index in [1.807, 2.05) is 13.0 Å². The van der Waals surface area contributed by atoms with Crippen LogP contribution in [-0.4, -0.2) is 19.6 Å². The average Bonchev–Trinajstić information content (AvgIpc) is 2.49. The standard InChI is InChI=1S/C14H20ClN3.C2H2/c1-3-4-7-17-8-9-18-13-6-5-12(10-16)14(15)11(13)2;1-2/h5-6,17-18H,3-4,7-9H2,1-2H3;1-2H. The highest BCUT2D eigenvalue weighted by Crippen LogP contribution is 2.26. The Hall–Kier alpha value is -1.68. The van der Waals surface area contributed by atoms with Gasteiger partial charge in [-0.2, -0.15) is 5.26 Å². The van der Waals surface area contributed by atoms with Crippen LogP contribution in [0.1, 0.15) is 30.9 Å². The highest BCUT2D eigenvalue weighted by atomic mass is 35.5. The first kappa shape index (κ1) is 18.3. The fourth-order valence-corrected chi connectivity index (χ4v) is 1.88. The highest BCUT2D eigenvalue weighted by molar-refractivity contribution is 6.32. The van der Waals surface area contributed by atoms with Crippen molar-refractivity contribution in [2.24, 2.45) is 0 Å². The molecule has 1 aromatic rings. The van der Waals surface area contributed by atoms with Crippen LogP contribution in [0.4, 0.5) is 5.69 Å². The second-order valence-corrected chi connectivity index (χ2v) is 4.62. The molecule has 0 amide bonds. The summed E-state index contributed by atoms with van der Waals surface area (Å²) in [6.45, 7) is 6.95. The van der Waals surface area contributed by atoms with Crippen molar-refractivity contribution in [2.45, 2.75) is 26.7 Å². The van der Waals surface area contributed by atoms with Gasteiger partial charge in [-0.3, -0.25) is 0 Å². The molecule has 108 valence electrons. The second kappa shape index (κ2) is 11.2. The fraction of sp³-hybridized carbons (Fsp3) is 0.438. The number of anilines is 1. The summed E-state index contributed by atoms with van der Waals surface area (Å²) in [6, 6.07) is 5.74. The Bertz CT molecular complexity index is 461. The molecule has 0 spiro atoms. The Morgan fingerprint density at radius 3 is 2.55 bits per heavy atom. The molecule has 0 saturated carbocycles. The highest BCUT2D eigenvalue weighted by Gasteiger charge is 2.06. The minimum absolute atomic E-state index is 0.529. The van der Waals surface area contributed by atoms with Crippen LogP contribution in [0.25, 0.3) is 0 Å². The van der Waals surface area contributed by atoms with Crippen molar-refractivity contribution in [1.29, 1.82) is 5.26 Å². The molecule has 0 radical (unpaired) electrons. The number of nitrogens with one attached hydrogen (secondary N) is 2. The van der Waals surface area contributed by atoms with Crippen LogP contribution in [0.5, 0.6) is 0 Å². The van der Waals surface area contributed by atoms with Gasteiger partial charge in [0.15, 0.2) is 0 Å². The summed E-state index contributed by atoms with van der Waals surface area (Å²) >= 11 is 6.10. The molecule has 0 saturated heterocycles. The van der Waals surface area contributed by atoms with Gasteiger partial charge in [0, 0.05) is 18.8 Å². The number of hydrogen-bond acceptors (Lipinski definition) is 3. The molecule has 0 aliphatic carbocycles. The van der Waals surface area contributed by atoms with E-state index in [0.717, 1.165) is 30.9 Å². The molecular weight excluding hydrogens is 270 g/mol. The third-order valence-corrected chi connectivity index (χ3v) is 3.32. The molecule has 0 aromatic heterocycles. The zero-order valence-electron chi connectivity index (χ0n) is 12.2. The van der Waals surface area contributed by atoms with Crippen molar-refractivity contribution < 1.29 is 0 Å². The average molecular weight is 292 g/mol. The van der Waals surface area contributed by atoms with Crippen molar-refractivity contribution in [3.8, 4) is 18.9 Å². The van der Waals surface area contributed by atoms with Crippen molar-refractivity contribution in [3.63, 3.8) is 0 Å². The Kier molecular flexibility index (Phi) is 10.2. The molecule has 0 aliphatic heterocycles. The number of hydrogen-bond donors (Lipinski definition) is 2. The number of unbranched alkanes of at least 4 members (excludes halogenated alkanes) is 1. The predicted molar refractivity (Wildman–Crippen MR) is 87.1 cm³/mol. The summed E-state index contributed by atoms with van der Waals surface area (Å²) in [7, 11) is 0. The van der Waals surface area contributed by atoms with Gasteiger partial charge in [0.1, 0.15) is 6.07 Å². The topological polar surface area (TPSA) is 47.8 Å². The predicted octanol–water partition coefficient (Wildman–Crippen LogP) is 3.57. The molecule has 0 heterocycles. The minimum Gasteiger partial charge on any atom is -0.384 e. The van der Waals surface area contributed by atoms with E-state index in [1.165, 1.54) is 12.8 Å². The molecule has 3 nitrogen and oxygen atoms in total. The van der Waals surface area contributed by atoms with E-state index in [4.69, 9.17) is 16.9 Å². The van der Waals surface area contributed by atoms with Crippen LogP contribution in [-0.2, 0) is 0 Å². The maximum Gasteiger partial charge on any atom is 0.101 e. The number of benzene rings is 1. The number of nitrogens with zero attached hydrogens (tertiary/aromatic N) is 1. The van der Waals surface area contributed by atoms with Crippen LogP contribution in [0.15, 0.2) is 12.1 Å². The number of terminal acetylenes is 1. The lowest BCUT2D eigenvalue weighted by molar-refractivity contribution is 0.652. The van der Waals surface area contributed by atoms with Crippen LogP contribution in [0.2, 0.25) is 5.02 Å². The third-order valence-electron chi connectivity index (χ3n) is 2.83. The number of nitriles is 1. The van der Waals surface area contributed by atoms with Gasteiger partial charge in [0.25, 0.3) is 0 Å². The molecule has 2 N–H and O–H groups in total. The van der Waals surface area contributed by atoms with Gasteiger partial charge in [-0.1, -0.05) is 24.9 Å². The zero-order chi connectivity index (χ0) is 15.4. The van der Waals surface area contributed by atoms with Crippen molar-refractivity contribution >= 4 is 17.3 Å². The fourth-order valence-electron chi connectivity index (χ4n) is 1.68. The van der Waals surface area contributed by atoms with E-state index in [9.17, 15) is 0 Å². The lowest BCUT2D eigenvalue weighted by atomic mass is 10.1. The molecule has 0 bridgehead atoms. The molecule has 1 aromatic carbocycles. The van der Waals surface area contributed by atoms with Gasteiger partial charge in [0.2, 0.25) is 0 Å². The van der Waals surface area contributed by atoms with Gasteiger partial charge < -0.3 is 10.6 Å². The maximum absolute atomic E-state index is 8.87. The Balaban J connectivity index is 0.00000172. The first-order valence-corrected chi connectivity index (χ1v) is 7.05. The molecule has 0 fully saturated rings. The smallest absolute Gasteiger partial charge is 0.101 e. The van der Waals surface area contributed by atoms with Crippen LogP contribution in [0.3, 0.4) is 0 Å². The Morgan fingerprint density at radius 1 is 1.25 bits per heavy atom. The van der Waals surface area contributed by atoms with Gasteiger partial charge >= 0.3 is 0 Å². The summed E-state index contributed by atoms with van der Waals surface area (Å²) in [5, 5.41) is 16.1. The summed E-state index contributed by atoms with van der Waals surface area (Å²) in [6.07, 6.45) is 10.4. The van der Waals surface area contributed by atoms with E-state index in [-0.39, 0.29) is 0 Å². The van der Waals surface area contributed by atoms with E-state index in [1.54, 1.807) is 6.07 Å². The molecule has 0 aliphatic rings. The second-order valence-electron chi connectivity index (χ2n) is 4.24. The normalized spacial score (nSPS) is 9.20. The lowest BCUT2D eigenvalue weighted by Gasteiger charge is -2.12. The summed E-state index contributed by atoms with van der Waals surface area (Å²) < 4.78 is 0. The van der Waals surface area contributed by atoms with Gasteiger partial charge in [-0.25, -0.2) is 0 Å². The largest absolute Gasteiger partial charge is 0.384 e. The number of halogens is 1. The molecule has 4 heteroatoms. The van der Waals surface area contributed by atoms with Gasteiger partial charge in [-0.15, -0.1) is 12.8 Å². The monoisotopic (exact) mass is 291 g/mol. The SMILES string of the molecule is C#C.CCCCNCCNc1ccc(C#N)c(Cl)c1C. The molecule has 1 rings (SSSR count). The molecular formula is C16H22ClN3. The van der Waals surface area contributed by atoms with E-state index in [0.29, 0.717) is 10.6 Å². The van der Waals surface area contributed by atoms with Crippen molar-refractivity contribution in [2.75, 3.05) is 25.0 Å². The van der Waals surface area contributed by atoms with Gasteiger partial charge in [-0.05, 0) is 37.6 Å². The van der Waals surface area contributed by atoms with Gasteiger partial charge in [0.05, 0.1) is 10.6 Å². The first-order valence-electron chi connectivity index (χ1n) is 6.67. The maximum atomic E-state index is 8.87. The van der Waals surface area contributed by atoms with E-state index < -0.39 is 0 Å². The van der Waals surface area contributed by atoms with Crippen molar-refractivity contribution in [1.82, 2.24) is 5.32 Å². The summed E-state index contributed by atoms with van der Waals surface area (Å²) in [4.78, 5) is 0. The summed E-state index contributed by atoms with van der Waals surface area (Å²) in [5.41, 5.74) is 2.46. The third kappa shape index (κ3) is 5.97. The first-order chi connectivity index (χ1) is 9.70. The molecule has 0 atom stereocenters. The van der Waals surface area contributed by atoms with E-state index in [2.05, 4.69) is 36.5 Å². The van der Waals surface area contributed by atoms with Crippen LogP contribution < -0.4 is 10.6 Å². The summed E-state index contributed by atoms with van der Waals surface area (Å²) in [5.74, 6) is 0. The lowest BCUT2D eigenvalue weighted by Crippen LogP contribution is -2.23.